The van der Waals surface area contributed by atoms with E-state index >= 15 is 0 Å². The van der Waals surface area contributed by atoms with Gasteiger partial charge in [0.15, 0.2) is 5.78 Å². The largest absolute Gasteiger partial charge is 0.293 e. The zero-order valence-electron chi connectivity index (χ0n) is 7.53. The molecule has 0 saturated carbocycles. The average molecular weight is 262 g/mol. The molecule has 70 valence electrons. The number of alkyl halides is 1. The molecule has 0 heterocycles. The van der Waals surface area contributed by atoms with Crippen molar-refractivity contribution in [2.75, 3.05) is 5.88 Å². The molecule has 0 spiro atoms. The zero-order chi connectivity index (χ0) is 10.0. The molecule has 0 N–H and O–H groups in total. The van der Waals surface area contributed by atoms with Gasteiger partial charge in [0.2, 0.25) is 0 Å². The molecule has 0 aliphatic carbocycles. The Hall–Kier alpha value is -0.340. The molecule has 1 rings (SSSR count). The smallest absolute Gasteiger partial charge is 0.178 e. The SMILES string of the molecule is Cc1cc(Br)c(C(=O)CCl)cc1C. The number of Topliss-reactive ketones (excluding diaryl/α,β-unsaturated/α-hetero) is 1. The fraction of sp³-hybridized carbons (Fsp3) is 0.300. The maximum atomic E-state index is 11.3. The quantitative estimate of drug-likeness (QED) is 0.588. The number of benzene rings is 1. The number of aryl methyl sites for hydroxylation is 2. The summed E-state index contributed by atoms with van der Waals surface area (Å²) in [4.78, 5) is 11.3. The summed E-state index contributed by atoms with van der Waals surface area (Å²) in [6.45, 7) is 3.99. The molecule has 0 amide bonds. The zero-order valence-corrected chi connectivity index (χ0v) is 9.87. The molecule has 1 aromatic carbocycles. The van der Waals surface area contributed by atoms with Gasteiger partial charge in [-0.2, -0.15) is 0 Å². The highest BCUT2D eigenvalue weighted by molar-refractivity contribution is 9.10. The number of ketones is 1. The van der Waals surface area contributed by atoms with Crippen molar-refractivity contribution in [1.29, 1.82) is 0 Å². The molecule has 3 heteroatoms. The van der Waals surface area contributed by atoms with E-state index in [1.807, 2.05) is 26.0 Å². The maximum Gasteiger partial charge on any atom is 0.178 e. The molecule has 13 heavy (non-hydrogen) atoms. The summed E-state index contributed by atoms with van der Waals surface area (Å²) in [5.74, 6) is -0.0159. The third kappa shape index (κ3) is 2.32. The van der Waals surface area contributed by atoms with E-state index in [2.05, 4.69) is 15.9 Å². The summed E-state index contributed by atoms with van der Waals surface area (Å²) in [6.07, 6.45) is 0. The minimum Gasteiger partial charge on any atom is -0.293 e. The standard InChI is InChI=1S/C10H10BrClO/c1-6-3-8(10(13)5-12)9(11)4-7(6)2/h3-4H,5H2,1-2H3. The van der Waals surface area contributed by atoms with Crippen LogP contribution in [0.4, 0.5) is 0 Å². The van der Waals surface area contributed by atoms with Crippen molar-refractivity contribution in [2.24, 2.45) is 0 Å². The summed E-state index contributed by atoms with van der Waals surface area (Å²) in [7, 11) is 0. The molecule has 0 atom stereocenters. The van der Waals surface area contributed by atoms with E-state index < -0.39 is 0 Å². The summed E-state index contributed by atoms with van der Waals surface area (Å²) >= 11 is 8.82. The number of halogens is 2. The summed E-state index contributed by atoms with van der Waals surface area (Å²) in [5, 5.41) is 0. The molecule has 0 bridgehead atoms. The fourth-order valence-corrected chi connectivity index (χ4v) is 1.89. The summed E-state index contributed by atoms with van der Waals surface area (Å²) < 4.78 is 0.821. The molecule has 0 unspecified atom stereocenters. The predicted octanol–water partition coefficient (Wildman–Crippen LogP) is 3.49. The summed E-state index contributed by atoms with van der Waals surface area (Å²) in [5.41, 5.74) is 2.94. The minimum absolute atomic E-state index is 0.0289. The van der Waals surface area contributed by atoms with Gasteiger partial charge in [-0.15, -0.1) is 11.6 Å². The van der Waals surface area contributed by atoms with Gasteiger partial charge in [0.1, 0.15) is 0 Å². The molecule has 0 radical (unpaired) electrons. The highest BCUT2D eigenvalue weighted by Crippen LogP contribution is 2.22. The van der Waals surface area contributed by atoms with E-state index in [1.165, 1.54) is 0 Å². The number of hydrogen-bond acceptors (Lipinski definition) is 1. The van der Waals surface area contributed by atoms with Crippen molar-refractivity contribution in [2.45, 2.75) is 13.8 Å². The van der Waals surface area contributed by atoms with E-state index in [1.54, 1.807) is 0 Å². The Balaban J connectivity index is 3.23. The Bertz CT molecular complexity index is 347. The monoisotopic (exact) mass is 260 g/mol. The van der Waals surface area contributed by atoms with E-state index in [0.717, 1.165) is 15.6 Å². The Labute approximate surface area is 91.2 Å². The minimum atomic E-state index is -0.0448. The normalized spacial score (nSPS) is 10.2. The van der Waals surface area contributed by atoms with Crippen LogP contribution in [0.15, 0.2) is 16.6 Å². The van der Waals surface area contributed by atoms with Crippen LogP contribution in [0.2, 0.25) is 0 Å². The second-order valence-corrected chi connectivity index (χ2v) is 4.09. The van der Waals surface area contributed by atoms with Crippen LogP contribution >= 0.6 is 27.5 Å². The highest BCUT2D eigenvalue weighted by atomic mass is 79.9. The van der Waals surface area contributed by atoms with Crippen molar-refractivity contribution in [1.82, 2.24) is 0 Å². The molecule has 0 fully saturated rings. The highest BCUT2D eigenvalue weighted by Gasteiger charge is 2.09. The van der Waals surface area contributed by atoms with Crippen LogP contribution in [0.1, 0.15) is 21.5 Å². The Morgan fingerprint density at radius 1 is 1.38 bits per heavy atom. The lowest BCUT2D eigenvalue weighted by Gasteiger charge is -2.05. The first-order valence-corrected chi connectivity index (χ1v) is 5.25. The fourth-order valence-electron chi connectivity index (χ4n) is 1.07. The van der Waals surface area contributed by atoms with Gasteiger partial charge in [0.05, 0.1) is 5.88 Å². The van der Waals surface area contributed by atoms with Crippen LogP contribution in [-0.4, -0.2) is 11.7 Å². The third-order valence-corrected chi connectivity index (χ3v) is 2.90. The van der Waals surface area contributed by atoms with Crippen molar-refractivity contribution < 1.29 is 4.79 Å². The number of carbonyl (C=O) groups excluding carboxylic acids is 1. The first-order valence-electron chi connectivity index (χ1n) is 3.92. The van der Waals surface area contributed by atoms with Gasteiger partial charge in [-0.3, -0.25) is 4.79 Å². The topological polar surface area (TPSA) is 17.1 Å². The predicted molar refractivity (Wildman–Crippen MR) is 58.7 cm³/mol. The van der Waals surface area contributed by atoms with Crippen LogP contribution in [-0.2, 0) is 0 Å². The van der Waals surface area contributed by atoms with Crippen molar-refractivity contribution in [3.05, 3.63) is 33.3 Å². The van der Waals surface area contributed by atoms with Gasteiger partial charge in [-0.25, -0.2) is 0 Å². The van der Waals surface area contributed by atoms with Crippen LogP contribution in [0, 0.1) is 13.8 Å². The van der Waals surface area contributed by atoms with E-state index in [9.17, 15) is 4.79 Å². The van der Waals surface area contributed by atoms with Gasteiger partial charge >= 0.3 is 0 Å². The Morgan fingerprint density at radius 3 is 2.46 bits per heavy atom. The molecular weight excluding hydrogens is 251 g/mol. The van der Waals surface area contributed by atoms with E-state index in [4.69, 9.17) is 11.6 Å². The van der Waals surface area contributed by atoms with Crippen LogP contribution < -0.4 is 0 Å². The van der Waals surface area contributed by atoms with Crippen molar-refractivity contribution >= 4 is 33.3 Å². The second-order valence-electron chi connectivity index (χ2n) is 2.97. The lowest BCUT2D eigenvalue weighted by atomic mass is 10.0. The maximum absolute atomic E-state index is 11.3. The molecule has 0 saturated heterocycles. The first-order chi connectivity index (χ1) is 6.06. The lowest BCUT2D eigenvalue weighted by molar-refractivity contribution is 0.102. The van der Waals surface area contributed by atoms with Crippen molar-refractivity contribution in [3.8, 4) is 0 Å². The molecule has 1 aromatic rings. The van der Waals surface area contributed by atoms with Crippen molar-refractivity contribution in [3.63, 3.8) is 0 Å². The average Bonchev–Trinajstić information content (AvgIpc) is 2.10. The van der Waals surface area contributed by atoms with Gasteiger partial charge < -0.3 is 0 Å². The Kier molecular flexibility index (Phi) is 3.51. The molecule has 1 nitrogen and oxygen atoms in total. The van der Waals surface area contributed by atoms with Crippen LogP contribution in [0.25, 0.3) is 0 Å². The van der Waals surface area contributed by atoms with E-state index in [0.29, 0.717) is 5.56 Å². The van der Waals surface area contributed by atoms with Gasteiger partial charge in [-0.1, -0.05) is 15.9 Å². The lowest BCUT2D eigenvalue weighted by Crippen LogP contribution is -2.02. The molecular formula is C10H10BrClO. The number of rotatable bonds is 2. The number of hydrogen-bond donors (Lipinski definition) is 0. The van der Waals surface area contributed by atoms with E-state index in [-0.39, 0.29) is 11.7 Å². The van der Waals surface area contributed by atoms with Gasteiger partial charge in [0, 0.05) is 10.0 Å². The molecule has 0 aromatic heterocycles. The first kappa shape index (κ1) is 10.7. The third-order valence-electron chi connectivity index (χ3n) is 2.01. The second kappa shape index (κ2) is 4.25. The Morgan fingerprint density at radius 2 is 1.92 bits per heavy atom. The van der Waals surface area contributed by atoms with Gasteiger partial charge in [-0.05, 0) is 37.1 Å². The van der Waals surface area contributed by atoms with Gasteiger partial charge in [0.25, 0.3) is 0 Å². The number of carbonyl (C=O) groups is 1. The summed E-state index contributed by atoms with van der Waals surface area (Å²) in [6, 6.07) is 3.80. The van der Waals surface area contributed by atoms with Crippen LogP contribution in [0.5, 0.6) is 0 Å². The van der Waals surface area contributed by atoms with Crippen LogP contribution in [0.3, 0.4) is 0 Å². The molecule has 0 aliphatic heterocycles. The molecule has 0 aliphatic rings.